The van der Waals surface area contributed by atoms with Gasteiger partial charge in [0.1, 0.15) is 11.6 Å². The maximum absolute atomic E-state index is 14.5. The number of hydrogen-bond donors (Lipinski definition) is 3. The third-order valence-corrected chi connectivity index (χ3v) is 9.35. The standard InChI is InChI=1S/C32H41N3O5/c1-5-12-21(3)33-29(38)27-32-18-20(2)31(4,40-32)25(28(37)34-23-15-10-7-11-16-23)26(32)30(39)35(27)24(19-36)17-22-13-8-6-9-14-22/h6-11,13-16,20-21,24-27,36H,5,12,17-19H2,1-4H3,(H,33,38)(H,34,37)/t20?,21?,24-,25-,26+,27?,31+,32?/m1/s1. The number of carbonyl (C=O) groups is 3. The number of nitrogens with one attached hydrogen (secondary N) is 2. The van der Waals surface area contributed by atoms with E-state index in [1.165, 1.54) is 0 Å². The van der Waals surface area contributed by atoms with E-state index < -0.39 is 35.1 Å². The lowest BCUT2D eigenvalue weighted by atomic mass is 9.62. The summed E-state index contributed by atoms with van der Waals surface area (Å²) in [5.74, 6) is -2.56. The molecule has 4 unspecified atom stereocenters. The second kappa shape index (κ2) is 11.0. The minimum absolute atomic E-state index is 0.0620. The summed E-state index contributed by atoms with van der Waals surface area (Å²) in [6, 6.07) is 17.1. The number of ether oxygens (including phenoxy) is 1. The molecule has 40 heavy (non-hydrogen) atoms. The minimum Gasteiger partial charge on any atom is -0.394 e. The van der Waals surface area contributed by atoms with E-state index in [1.807, 2.05) is 81.4 Å². The highest BCUT2D eigenvalue weighted by molar-refractivity contribution is 6.02. The normalized spacial score (nSPS) is 32.0. The van der Waals surface area contributed by atoms with Crippen molar-refractivity contribution in [2.45, 2.75) is 82.7 Å². The van der Waals surface area contributed by atoms with Gasteiger partial charge in [0.25, 0.3) is 0 Å². The van der Waals surface area contributed by atoms with Crippen molar-refractivity contribution < 1.29 is 24.2 Å². The Bertz CT molecular complexity index is 1240. The Morgan fingerprint density at radius 2 is 1.75 bits per heavy atom. The van der Waals surface area contributed by atoms with Crippen molar-refractivity contribution in [3.63, 3.8) is 0 Å². The van der Waals surface area contributed by atoms with Crippen molar-refractivity contribution in [3.8, 4) is 0 Å². The molecule has 3 fully saturated rings. The number of likely N-dealkylation sites (tertiary alicyclic amines) is 1. The van der Waals surface area contributed by atoms with Gasteiger partial charge in [-0.2, -0.15) is 0 Å². The zero-order valence-corrected chi connectivity index (χ0v) is 23.8. The summed E-state index contributed by atoms with van der Waals surface area (Å²) in [5, 5.41) is 16.7. The molecule has 2 aromatic carbocycles. The van der Waals surface area contributed by atoms with E-state index in [9.17, 15) is 19.5 Å². The van der Waals surface area contributed by atoms with E-state index in [-0.39, 0.29) is 36.3 Å². The molecule has 0 aliphatic carbocycles. The first-order valence-corrected chi connectivity index (χ1v) is 14.5. The second-order valence-electron chi connectivity index (χ2n) is 12.0. The molecule has 214 valence electrons. The van der Waals surface area contributed by atoms with Gasteiger partial charge in [-0.3, -0.25) is 14.4 Å². The van der Waals surface area contributed by atoms with Crippen molar-refractivity contribution in [1.82, 2.24) is 10.2 Å². The van der Waals surface area contributed by atoms with Crippen LogP contribution < -0.4 is 10.6 Å². The number of para-hydroxylation sites is 1. The monoisotopic (exact) mass is 547 g/mol. The van der Waals surface area contributed by atoms with E-state index >= 15 is 0 Å². The van der Waals surface area contributed by atoms with Crippen LogP contribution in [-0.2, 0) is 25.5 Å². The Morgan fingerprint density at radius 3 is 2.38 bits per heavy atom. The summed E-state index contributed by atoms with van der Waals surface area (Å²) in [4.78, 5) is 44.0. The van der Waals surface area contributed by atoms with Gasteiger partial charge in [0.05, 0.1) is 30.1 Å². The lowest BCUT2D eigenvalue weighted by Gasteiger charge is -2.37. The molecule has 3 amide bonds. The molecule has 1 spiro atoms. The molecule has 3 aliphatic heterocycles. The van der Waals surface area contributed by atoms with Crippen LogP contribution in [0.1, 0.15) is 52.5 Å². The molecule has 5 rings (SSSR count). The van der Waals surface area contributed by atoms with Crippen molar-refractivity contribution in [2.24, 2.45) is 17.8 Å². The number of hydrogen-bond acceptors (Lipinski definition) is 5. The number of rotatable bonds is 10. The largest absolute Gasteiger partial charge is 0.394 e. The Labute approximate surface area is 236 Å². The maximum Gasteiger partial charge on any atom is 0.246 e. The molecule has 0 saturated carbocycles. The number of carbonyl (C=O) groups excluding carboxylic acids is 3. The van der Waals surface area contributed by atoms with Crippen molar-refractivity contribution in [2.75, 3.05) is 11.9 Å². The Hall–Kier alpha value is -3.23. The van der Waals surface area contributed by atoms with Gasteiger partial charge >= 0.3 is 0 Å². The first-order chi connectivity index (χ1) is 19.2. The SMILES string of the molecule is CCCC(C)NC(=O)C1N([C@@H](CO)Cc2ccccc2)C(=O)[C@@H]2[C@H](C(=O)Nc3ccccc3)[C@@]3(C)OC12CC3C. The van der Waals surface area contributed by atoms with Crippen LogP contribution in [0.2, 0.25) is 0 Å². The van der Waals surface area contributed by atoms with Crippen LogP contribution in [0.4, 0.5) is 5.69 Å². The fourth-order valence-corrected chi connectivity index (χ4v) is 7.47. The molecule has 2 aromatic rings. The van der Waals surface area contributed by atoms with Crippen LogP contribution in [0.15, 0.2) is 60.7 Å². The van der Waals surface area contributed by atoms with Crippen molar-refractivity contribution >= 4 is 23.4 Å². The highest BCUT2D eigenvalue weighted by Crippen LogP contribution is 2.65. The van der Waals surface area contributed by atoms with Crippen LogP contribution >= 0.6 is 0 Å². The minimum atomic E-state index is -1.16. The molecule has 0 aromatic heterocycles. The quantitative estimate of drug-likeness (QED) is 0.422. The van der Waals surface area contributed by atoms with E-state index in [4.69, 9.17) is 4.74 Å². The molecule has 8 nitrogen and oxygen atoms in total. The van der Waals surface area contributed by atoms with E-state index in [0.29, 0.717) is 18.5 Å². The highest BCUT2D eigenvalue weighted by atomic mass is 16.5. The second-order valence-corrected chi connectivity index (χ2v) is 12.0. The topological polar surface area (TPSA) is 108 Å². The van der Waals surface area contributed by atoms with Gasteiger partial charge in [-0.15, -0.1) is 0 Å². The smallest absolute Gasteiger partial charge is 0.246 e. The van der Waals surface area contributed by atoms with Crippen molar-refractivity contribution in [1.29, 1.82) is 0 Å². The summed E-state index contributed by atoms with van der Waals surface area (Å²) in [7, 11) is 0. The number of benzene rings is 2. The molecular weight excluding hydrogens is 506 g/mol. The van der Waals surface area contributed by atoms with E-state index in [1.54, 1.807) is 4.90 Å². The van der Waals surface area contributed by atoms with E-state index in [0.717, 1.165) is 18.4 Å². The number of anilines is 1. The van der Waals surface area contributed by atoms with Crippen LogP contribution in [0.25, 0.3) is 0 Å². The average molecular weight is 548 g/mol. The molecule has 8 heteroatoms. The predicted octanol–water partition coefficient (Wildman–Crippen LogP) is 3.54. The summed E-state index contributed by atoms with van der Waals surface area (Å²) in [6.45, 7) is 7.64. The van der Waals surface area contributed by atoms with Gasteiger partial charge in [0.2, 0.25) is 17.7 Å². The molecular formula is C32H41N3O5. The lowest BCUT2D eigenvalue weighted by molar-refractivity contribution is -0.150. The fraction of sp³-hybridized carbons (Fsp3) is 0.531. The van der Waals surface area contributed by atoms with Gasteiger partial charge < -0.3 is 25.4 Å². The number of aliphatic hydroxyl groups excluding tert-OH is 1. The van der Waals surface area contributed by atoms with Gasteiger partial charge in [-0.1, -0.05) is 68.8 Å². The first-order valence-electron chi connectivity index (χ1n) is 14.5. The number of nitrogens with zero attached hydrogens (tertiary/aromatic N) is 1. The van der Waals surface area contributed by atoms with Crippen LogP contribution in [-0.4, -0.2) is 63.7 Å². The zero-order valence-electron chi connectivity index (χ0n) is 23.8. The molecule has 2 bridgehead atoms. The van der Waals surface area contributed by atoms with Crippen LogP contribution in [0, 0.1) is 17.8 Å². The number of amides is 3. The van der Waals surface area contributed by atoms with Crippen LogP contribution in [0.5, 0.6) is 0 Å². The summed E-state index contributed by atoms with van der Waals surface area (Å²) >= 11 is 0. The summed E-state index contributed by atoms with van der Waals surface area (Å²) < 4.78 is 6.81. The molecule has 8 atom stereocenters. The number of fused-ring (bicyclic) bond motifs is 1. The molecule has 3 aliphatic rings. The number of aliphatic hydroxyl groups is 1. The Morgan fingerprint density at radius 1 is 1.10 bits per heavy atom. The highest BCUT2D eigenvalue weighted by Gasteiger charge is 2.80. The molecule has 3 saturated heterocycles. The van der Waals surface area contributed by atoms with Crippen LogP contribution in [0.3, 0.4) is 0 Å². The van der Waals surface area contributed by atoms with Gasteiger partial charge in [-0.05, 0) is 56.7 Å². The molecule has 3 N–H and O–H groups in total. The third-order valence-electron chi connectivity index (χ3n) is 9.35. The van der Waals surface area contributed by atoms with Crippen molar-refractivity contribution in [3.05, 3.63) is 66.2 Å². The fourth-order valence-electron chi connectivity index (χ4n) is 7.47. The maximum atomic E-state index is 14.5. The Kier molecular flexibility index (Phi) is 7.77. The predicted molar refractivity (Wildman–Crippen MR) is 152 cm³/mol. The average Bonchev–Trinajstić information content (AvgIpc) is 3.45. The molecule has 0 radical (unpaired) electrons. The summed E-state index contributed by atoms with van der Waals surface area (Å²) in [6.07, 6.45) is 2.57. The molecule has 3 heterocycles. The zero-order chi connectivity index (χ0) is 28.7. The van der Waals surface area contributed by atoms with Gasteiger partial charge in [0.15, 0.2) is 0 Å². The first kappa shape index (κ1) is 28.3. The lowest BCUT2D eigenvalue weighted by Crippen LogP contribution is -2.59. The third kappa shape index (κ3) is 4.61. The van der Waals surface area contributed by atoms with Gasteiger partial charge in [-0.25, -0.2) is 0 Å². The van der Waals surface area contributed by atoms with E-state index in [2.05, 4.69) is 17.6 Å². The Balaban J connectivity index is 1.56. The summed E-state index contributed by atoms with van der Waals surface area (Å²) in [5.41, 5.74) is -0.481. The van der Waals surface area contributed by atoms with Gasteiger partial charge in [0, 0.05) is 11.7 Å².